The van der Waals surface area contributed by atoms with Crippen LogP contribution in [0.5, 0.6) is 11.5 Å². The lowest BCUT2D eigenvalue weighted by molar-refractivity contribution is -0.143. The van der Waals surface area contributed by atoms with Crippen molar-refractivity contribution < 1.29 is 19.0 Å². The molecule has 0 amide bonds. The van der Waals surface area contributed by atoms with Crippen LogP contribution in [0.25, 0.3) is 5.57 Å². The predicted molar refractivity (Wildman–Crippen MR) is 83.6 cm³/mol. The summed E-state index contributed by atoms with van der Waals surface area (Å²) in [7, 11) is 3.22. The minimum absolute atomic E-state index is 0.270. The van der Waals surface area contributed by atoms with Gasteiger partial charge in [0.05, 0.1) is 14.2 Å². The van der Waals surface area contributed by atoms with E-state index in [1.165, 1.54) is 6.92 Å². The Labute approximate surface area is 126 Å². The Balaban J connectivity index is 3.17. The van der Waals surface area contributed by atoms with Gasteiger partial charge in [0, 0.05) is 6.92 Å². The zero-order valence-electron chi connectivity index (χ0n) is 13.6. The molecule has 0 unspecified atom stereocenters. The van der Waals surface area contributed by atoms with E-state index in [9.17, 15) is 4.79 Å². The molecule has 0 saturated carbocycles. The molecule has 1 aromatic carbocycles. The third-order valence-corrected chi connectivity index (χ3v) is 3.11. The Hall–Kier alpha value is -1.97. The zero-order valence-corrected chi connectivity index (χ0v) is 13.6. The van der Waals surface area contributed by atoms with Gasteiger partial charge >= 0.3 is 5.97 Å². The summed E-state index contributed by atoms with van der Waals surface area (Å²) in [6.07, 6.45) is 1.70. The molecule has 0 aliphatic rings. The Morgan fingerprint density at radius 2 is 1.71 bits per heavy atom. The van der Waals surface area contributed by atoms with E-state index >= 15 is 0 Å². The minimum Gasteiger partial charge on any atom is -0.493 e. The Morgan fingerprint density at radius 1 is 1.10 bits per heavy atom. The lowest BCUT2D eigenvalue weighted by atomic mass is 9.93. The van der Waals surface area contributed by atoms with Crippen molar-refractivity contribution in [3.8, 4) is 11.5 Å². The van der Waals surface area contributed by atoms with Gasteiger partial charge in [-0.25, -0.2) is 0 Å². The first kappa shape index (κ1) is 17.1. The molecular formula is C17H24O4. The second-order valence-electron chi connectivity index (χ2n) is 5.16. The highest BCUT2D eigenvalue weighted by Crippen LogP contribution is 2.33. The molecule has 0 fully saturated rings. The van der Waals surface area contributed by atoms with Gasteiger partial charge in [-0.1, -0.05) is 19.9 Å². The van der Waals surface area contributed by atoms with Gasteiger partial charge in [0.1, 0.15) is 6.10 Å². The second kappa shape index (κ2) is 7.72. The van der Waals surface area contributed by atoms with Crippen LogP contribution in [0, 0.1) is 5.92 Å². The molecule has 116 valence electrons. The summed E-state index contributed by atoms with van der Waals surface area (Å²) in [5.74, 6) is 1.38. The molecule has 0 radical (unpaired) electrons. The molecule has 0 bridgehead atoms. The third-order valence-electron chi connectivity index (χ3n) is 3.11. The molecule has 21 heavy (non-hydrogen) atoms. The zero-order chi connectivity index (χ0) is 16.0. The molecule has 0 N–H and O–H groups in total. The van der Waals surface area contributed by atoms with Crippen molar-refractivity contribution in [2.45, 2.75) is 33.8 Å². The topological polar surface area (TPSA) is 44.8 Å². The number of methoxy groups -OCH3 is 2. The third kappa shape index (κ3) is 4.81. The summed E-state index contributed by atoms with van der Waals surface area (Å²) in [5, 5.41) is 0. The van der Waals surface area contributed by atoms with E-state index < -0.39 is 0 Å². The van der Waals surface area contributed by atoms with Crippen LogP contribution in [0.3, 0.4) is 0 Å². The molecule has 1 rings (SSSR count). The maximum absolute atomic E-state index is 11.0. The number of carbonyl (C=O) groups is 1. The molecule has 1 aromatic rings. The van der Waals surface area contributed by atoms with E-state index in [1.807, 2.05) is 31.2 Å². The summed E-state index contributed by atoms with van der Waals surface area (Å²) < 4.78 is 15.8. The maximum atomic E-state index is 11.0. The molecule has 0 saturated heterocycles. The summed E-state index contributed by atoms with van der Waals surface area (Å²) in [5.41, 5.74) is 2.13. The summed E-state index contributed by atoms with van der Waals surface area (Å²) >= 11 is 0. The van der Waals surface area contributed by atoms with Crippen molar-refractivity contribution in [3.63, 3.8) is 0 Å². The number of carbonyl (C=O) groups excluding carboxylic acids is 1. The largest absolute Gasteiger partial charge is 0.493 e. The van der Waals surface area contributed by atoms with Gasteiger partial charge in [-0.05, 0) is 42.2 Å². The molecular weight excluding hydrogens is 268 g/mol. The average molecular weight is 292 g/mol. The van der Waals surface area contributed by atoms with Gasteiger partial charge in [-0.15, -0.1) is 0 Å². The van der Waals surface area contributed by atoms with E-state index in [4.69, 9.17) is 14.2 Å². The lowest BCUT2D eigenvalue weighted by Crippen LogP contribution is -2.11. The van der Waals surface area contributed by atoms with Crippen LogP contribution in [-0.4, -0.2) is 26.3 Å². The normalized spacial score (nSPS) is 13.0. The number of allylic oxidation sites excluding steroid dienone is 1. The molecule has 0 aliphatic carbocycles. The van der Waals surface area contributed by atoms with Crippen LogP contribution < -0.4 is 9.47 Å². The Kier molecular flexibility index (Phi) is 6.28. The van der Waals surface area contributed by atoms with E-state index in [1.54, 1.807) is 14.2 Å². The number of hydrogen-bond acceptors (Lipinski definition) is 4. The standard InChI is InChI=1S/C17H24O4/c1-11(2)15(9-12(3)21-13(4)18)14-7-8-16(19-5)17(10-14)20-6/h7-12H,1-6H3/b15-9-/t12-/m0/s1. The van der Waals surface area contributed by atoms with Gasteiger partial charge in [-0.2, -0.15) is 0 Å². The van der Waals surface area contributed by atoms with Gasteiger partial charge in [0.15, 0.2) is 11.5 Å². The van der Waals surface area contributed by atoms with E-state index in [-0.39, 0.29) is 12.1 Å². The Bertz CT molecular complexity index is 518. The van der Waals surface area contributed by atoms with Crippen molar-refractivity contribution >= 4 is 11.5 Å². The van der Waals surface area contributed by atoms with Crippen molar-refractivity contribution in [2.24, 2.45) is 5.92 Å². The maximum Gasteiger partial charge on any atom is 0.303 e. The van der Waals surface area contributed by atoms with Crippen LogP contribution in [-0.2, 0) is 9.53 Å². The fourth-order valence-corrected chi connectivity index (χ4v) is 2.19. The van der Waals surface area contributed by atoms with Crippen molar-refractivity contribution in [3.05, 3.63) is 29.8 Å². The van der Waals surface area contributed by atoms with Crippen molar-refractivity contribution in [2.75, 3.05) is 14.2 Å². The number of rotatable bonds is 6. The van der Waals surface area contributed by atoms with Crippen LogP contribution >= 0.6 is 0 Å². The highest BCUT2D eigenvalue weighted by Gasteiger charge is 2.13. The first-order valence-electron chi connectivity index (χ1n) is 7.00. The highest BCUT2D eigenvalue weighted by molar-refractivity contribution is 5.71. The first-order chi connectivity index (χ1) is 9.88. The number of esters is 1. The highest BCUT2D eigenvalue weighted by atomic mass is 16.5. The van der Waals surface area contributed by atoms with Crippen LogP contribution in [0.4, 0.5) is 0 Å². The fraction of sp³-hybridized carbons (Fsp3) is 0.471. The first-order valence-corrected chi connectivity index (χ1v) is 7.00. The van der Waals surface area contributed by atoms with Crippen LogP contribution in [0.1, 0.15) is 33.3 Å². The molecule has 4 heteroatoms. The van der Waals surface area contributed by atoms with Gasteiger partial charge in [0.2, 0.25) is 0 Å². The SMILES string of the molecule is COc1ccc(/C(=C\[C@H](C)OC(C)=O)C(C)C)cc1OC. The van der Waals surface area contributed by atoms with E-state index in [0.29, 0.717) is 17.4 Å². The van der Waals surface area contributed by atoms with Crippen LogP contribution in [0.15, 0.2) is 24.3 Å². The lowest BCUT2D eigenvalue weighted by Gasteiger charge is -2.17. The number of benzene rings is 1. The molecule has 0 aromatic heterocycles. The minimum atomic E-state index is -0.283. The number of ether oxygens (including phenoxy) is 3. The molecule has 1 atom stereocenters. The molecule has 0 aliphatic heterocycles. The second-order valence-corrected chi connectivity index (χ2v) is 5.16. The quantitative estimate of drug-likeness (QED) is 0.750. The fourth-order valence-electron chi connectivity index (χ4n) is 2.19. The number of hydrogen-bond donors (Lipinski definition) is 0. The summed E-state index contributed by atoms with van der Waals surface area (Å²) in [6, 6.07) is 5.79. The monoisotopic (exact) mass is 292 g/mol. The molecule has 0 spiro atoms. The van der Waals surface area contributed by atoms with Gasteiger partial charge < -0.3 is 14.2 Å². The molecule has 0 heterocycles. The van der Waals surface area contributed by atoms with Crippen molar-refractivity contribution in [1.29, 1.82) is 0 Å². The Morgan fingerprint density at radius 3 is 2.19 bits per heavy atom. The van der Waals surface area contributed by atoms with Crippen LogP contribution in [0.2, 0.25) is 0 Å². The van der Waals surface area contributed by atoms with Crippen molar-refractivity contribution in [1.82, 2.24) is 0 Å². The van der Waals surface area contributed by atoms with Gasteiger partial charge in [-0.3, -0.25) is 4.79 Å². The van der Waals surface area contributed by atoms with E-state index in [0.717, 1.165) is 11.1 Å². The summed E-state index contributed by atoms with van der Waals surface area (Å²) in [6.45, 7) is 7.46. The summed E-state index contributed by atoms with van der Waals surface area (Å²) in [4.78, 5) is 11.0. The van der Waals surface area contributed by atoms with E-state index in [2.05, 4.69) is 13.8 Å². The predicted octanol–water partition coefficient (Wildman–Crippen LogP) is 3.69. The smallest absolute Gasteiger partial charge is 0.303 e. The van der Waals surface area contributed by atoms with Gasteiger partial charge in [0.25, 0.3) is 0 Å². The molecule has 4 nitrogen and oxygen atoms in total. The average Bonchev–Trinajstić information content (AvgIpc) is 2.43.